The number of anilines is 1. The van der Waals surface area contributed by atoms with Crippen molar-refractivity contribution in [1.82, 2.24) is 4.98 Å². The Morgan fingerprint density at radius 3 is 2.63 bits per heavy atom. The van der Waals surface area contributed by atoms with E-state index in [4.69, 9.17) is 13.9 Å². The summed E-state index contributed by atoms with van der Waals surface area (Å²) in [4.78, 5) is 16.7. The molecule has 0 aliphatic heterocycles. The minimum Gasteiger partial charge on any atom is -0.483 e. The zero-order valence-electron chi connectivity index (χ0n) is 16.8. The van der Waals surface area contributed by atoms with Gasteiger partial charge in [-0.15, -0.1) is 0 Å². The molecular formula is C24H22N2O4. The molecule has 0 aliphatic rings. The Balaban J connectivity index is 1.40. The first-order valence-electron chi connectivity index (χ1n) is 9.59. The van der Waals surface area contributed by atoms with Gasteiger partial charge in [0.1, 0.15) is 11.3 Å². The summed E-state index contributed by atoms with van der Waals surface area (Å²) in [6.45, 7) is 2.41. The number of nitrogens with one attached hydrogen (secondary N) is 1. The first-order chi connectivity index (χ1) is 14.6. The van der Waals surface area contributed by atoms with Crippen LogP contribution >= 0.6 is 0 Å². The number of methoxy groups -OCH3 is 1. The highest BCUT2D eigenvalue weighted by Crippen LogP contribution is 2.26. The van der Waals surface area contributed by atoms with E-state index in [1.165, 1.54) is 0 Å². The van der Waals surface area contributed by atoms with Crippen molar-refractivity contribution in [3.8, 4) is 17.2 Å². The fraction of sp³-hybridized carbons (Fsp3) is 0.167. The number of para-hydroxylation sites is 1. The lowest BCUT2D eigenvalue weighted by atomic mass is 10.2. The molecule has 0 unspecified atom stereocenters. The van der Waals surface area contributed by atoms with E-state index < -0.39 is 0 Å². The summed E-state index contributed by atoms with van der Waals surface area (Å²) in [5, 5.41) is 2.83. The monoisotopic (exact) mass is 402 g/mol. The van der Waals surface area contributed by atoms with Crippen molar-refractivity contribution in [2.24, 2.45) is 0 Å². The number of oxazole rings is 1. The van der Waals surface area contributed by atoms with Crippen LogP contribution in [0.25, 0.3) is 22.6 Å². The highest BCUT2D eigenvalue weighted by Gasteiger charge is 2.10. The number of carbonyl (C=O) groups excluding carboxylic acids is 1. The van der Waals surface area contributed by atoms with Crippen molar-refractivity contribution in [1.29, 1.82) is 0 Å². The van der Waals surface area contributed by atoms with Crippen LogP contribution < -0.4 is 10.1 Å². The van der Waals surface area contributed by atoms with E-state index in [1.54, 1.807) is 7.11 Å². The molecule has 152 valence electrons. The Bertz CT molecular complexity index is 1170. The number of amides is 1. The maximum absolute atomic E-state index is 12.2. The molecule has 1 heterocycles. The summed E-state index contributed by atoms with van der Waals surface area (Å²) in [5.74, 6) is 1.01. The molecule has 0 saturated carbocycles. The number of aromatic nitrogens is 1. The van der Waals surface area contributed by atoms with Gasteiger partial charge in [0.25, 0.3) is 5.91 Å². The molecule has 1 aromatic heterocycles. The number of aryl methyl sites for hydroxylation is 1. The van der Waals surface area contributed by atoms with Crippen LogP contribution in [0.4, 0.5) is 5.69 Å². The minimum absolute atomic E-state index is 0.0540. The SMILES string of the molecule is COCc1ccc2oc(-c3ccc(NC(=O)COc4ccccc4C)cc3)nc2c1. The second kappa shape index (κ2) is 8.80. The van der Waals surface area contributed by atoms with Gasteiger partial charge in [0.15, 0.2) is 12.2 Å². The topological polar surface area (TPSA) is 73.6 Å². The fourth-order valence-corrected chi connectivity index (χ4v) is 3.11. The number of ether oxygens (including phenoxy) is 2. The van der Waals surface area contributed by atoms with Gasteiger partial charge >= 0.3 is 0 Å². The Morgan fingerprint density at radius 2 is 1.87 bits per heavy atom. The van der Waals surface area contributed by atoms with Crippen LogP contribution in [-0.4, -0.2) is 24.6 Å². The molecule has 0 fully saturated rings. The van der Waals surface area contributed by atoms with Crippen LogP contribution in [0.1, 0.15) is 11.1 Å². The van der Waals surface area contributed by atoms with Crippen LogP contribution in [0.2, 0.25) is 0 Å². The number of carbonyl (C=O) groups is 1. The standard InChI is InChI=1S/C24H22N2O4/c1-16-5-3-4-6-21(16)29-15-23(27)25-19-10-8-18(9-11-19)24-26-20-13-17(14-28-2)7-12-22(20)30-24/h3-13H,14-15H2,1-2H3,(H,25,27). The molecule has 6 nitrogen and oxygen atoms in total. The molecule has 0 atom stereocenters. The number of benzene rings is 3. The maximum atomic E-state index is 12.2. The van der Waals surface area contributed by atoms with E-state index in [0.29, 0.717) is 23.9 Å². The van der Waals surface area contributed by atoms with E-state index in [0.717, 1.165) is 27.8 Å². The average molecular weight is 402 g/mol. The van der Waals surface area contributed by atoms with E-state index in [1.807, 2.05) is 73.7 Å². The van der Waals surface area contributed by atoms with Gasteiger partial charge in [-0.25, -0.2) is 4.98 Å². The van der Waals surface area contributed by atoms with Crippen molar-refractivity contribution in [3.05, 3.63) is 77.9 Å². The van der Waals surface area contributed by atoms with E-state index in [2.05, 4.69) is 10.3 Å². The third kappa shape index (κ3) is 4.50. The average Bonchev–Trinajstić information content (AvgIpc) is 3.17. The molecule has 6 heteroatoms. The summed E-state index contributed by atoms with van der Waals surface area (Å²) in [6.07, 6.45) is 0. The van der Waals surface area contributed by atoms with Crippen LogP contribution in [-0.2, 0) is 16.1 Å². The van der Waals surface area contributed by atoms with E-state index in [9.17, 15) is 4.79 Å². The summed E-state index contributed by atoms with van der Waals surface area (Å²) < 4.78 is 16.6. The number of hydrogen-bond acceptors (Lipinski definition) is 5. The first-order valence-corrected chi connectivity index (χ1v) is 9.59. The predicted octanol–water partition coefficient (Wildman–Crippen LogP) is 4.97. The quantitative estimate of drug-likeness (QED) is 0.473. The molecule has 0 spiro atoms. The van der Waals surface area contributed by atoms with Gasteiger partial charge in [-0.05, 0) is 60.5 Å². The van der Waals surface area contributed by atoms with E-state index >= 15 is 0 Å². The van der Waals surface area contributed by atoms with Crippen molar-refractivity contribution in [2.75, 3.05) is 19.0 Å². The highest BCUT2D eigenvalue weighted by atomic mass is 16.5. The van der Waals surface area contributed by atoms with Crippen LogP contribution in [0, 0.1) is 6.92 Å². The summed E-state index contributed by atoms with van der Waals surface area (Å²) in [6, 6.07) is 20.7. The van der Waals surface area contributed by atoms with Gasteiger partial charge in [0.2, 0.25) is 5.89 Å². The van der Waals surface area contributed by atoms with Crippen LogP contribution in [0.5, 0.6) is 5.75 Å². The molecule has 0 bridgehead atoms. The summed E-state index contributed by atoms with van der Waals surface area (Å²) in [5.41, 5.74) is 5.03. The van der Waals surface area contributed by atoms with Crippen molar-refractivity contribution in [3.63, 3.8) is 0 Å². The Morgan fingerprint density at radius 1 is 1.07 bits per heavy atom. The molecular weight excluding hydrogens is 380 g/mol. The largest absolute Gasteiger partial charge is 0.483 e. The smallest absolute Gasteiger partial charge is 0.262 e. The Labute approximate surface area is 174 Å². The molecule has 0 saturated heterocycles. The molecule has 1 amide bonds. The number of hydrogen-bond donors (Lipinski definition) is 1. The zero-order valence-corrected chi connectivity index (χ0v) is 16.8. The van der Waals surface area contributed by atoms with Crippen molar-refractivity contribution >= 4 is 22.7 Å². The molecule has 0 aliphatic carbocycles. The third-order valence-electron chi connectivity index (χ3n) is 4.63. The van der Waals surface area contributed by atoms with Crippen LogP contribution in [0.3, 0.4) is 0 Å². The van der Waals surface area contributed by atoms with Gasteiger partial charge in [0.05, 0.1) is 6.61 Å². The fourth-order valence-electron chi connectivity index (χ4n) is 3.11. The molecule has 0 radical (unpaired) electrons. The lowest BCUT2D eigenvalue weighted by Gasteiger charge is -2.09. The number of fused-ring (bicyclic) bond motifs is 1. The zero-order chi connectivity index (χ0) is 20.9. The molecule has 30 heavy (non-hydrogen) atoms. The lowest BCUT2D eigenvalue weighted by molar-refractivity contribution is -0.118. The van der Waals surface area contributed by atoms with Gasteiger partial charge in [-0.1, -0.05) is 24.3 Å². The molecule has 3 aromatic carbocycles. The molecule has 1 N–H and O–H groups in total. The van der Waals surface area contributed by atoms with E-state index in [-0.39, 0.29) is 12.5 Å². The minimum atomic E-state index is -0.224. The second-order valence-corrected chi connectivity index (χ2v) is 6.93. The predicted molar refractivity (Wildman–Crippen MR) is 115 cm³/mol. The molecule has 4 rings (SSSR count). The summed E-state index contributed by atoms with van der Waals surface area (Å²) in [7, 11) is 1.66. The third-order valence-corrected chi connectivity index (χ3v) is 4.63. The number of nitrogens with zero attached hydrogens (tertiary/aromatic N) is 1. The second-order valence-electron chi connectivity index (χ2n) is 6.93. The molecule has 4 aromatic rings. The lowest BCUT2D eigenvalue weighted by Crippen LogP contribution is -2.20. The Hall–Kier alpha value is -3.64. The Kier molecular flexibility index (Phi) is 5.77. The van der Waals surface area contributed by atoms with Gasteiger partial charge in [-0.3, -0.25) is 4.79 Å². The summed E-state index contributed by atoms with van der Waals surface area (Å²) >= 11 is 0. The maximum Gasteiger partial charge on any atom is 0.262 e. The van der Waals surface area contributed by atoms with Gasteiger partial charge in [0, 0.05) is 18.4 Å². The van der Waals surface area contributed by atoms with Crippen molar-refractivity contribution in [2.45, 2.75) is 13.5 Å². The van der Waals surface area contributed by atoms with Gasteiger partial charge < -0.3 is 19.2 Å². The number of rotatable bonds is 7. The van der Waals surface area contributed by atoms with Crippen molar-refractivity contribution < 1.29 is 18.7 Å². The van der Waals surface area contributed by atoms with Gasteiger partial charge in [-0.2, -0.15) is 0 Å². The highest BCUT2D eigenvalue weighted by molar-refractivity contribution is 5.92. The normalized spacial score (nSPS) is 10.9. The van der Waals surface area contributed by atoms with Crippen LogP contribution in [0.15, 0.2) is 71.1 Å². The first kappa shape index (κ1) is 19.7.